The van der Waals surface area contributed by atoms with E-state index < -0.39 is 0 Å². The lowest BCUT2D eigenvalue weighted by atomic mass is 9.59. The highest BCUT2D eigenvalue weighted by Gasteiger charge is 2.43. The predicted octanol–water partition coefficient (Wildman–Crippen LogP) is 4.69. The van der Waals surface area contributed by atoms with Crippen LogP contribution in [0.3, 0.4) is 0 Å². The molecule has 20 heavy (non-hydrogen) atoms. The van der Waals surface area contributed by atoms with Gasteiger partial charge in [-0.1, -0.05) is 73.5 Å². The lowest BCUT2D eigenvalue weighted by Gasteiger charge is -2.42. The normalized spacial score (nSPS) is 21.1. The van der Waals surface area contributed by atoms with Crippen LogP contribution in [0.5, 0.6) is 0 Å². The molecule has 1 aliphatic carbocycles. The van der Waals surface area contributed by atoms with Crippen molar-refractivity contribution in [2.75, 3.05) is 0 Å². The first-order valence-electron chi connectivity index (χ1n) is 7.38. The molecule has 1 heteroatoms. The first kappa shape index (κ1) is 12.9. The molecule has 1 saturated carbocycles. The molecule has 1 unspecified atom stereocenters. The van der Waals surface area contributed by atoms with E-state index in [-0.39, 0.29) is 11.3 Å². The van der Waals surface area contributed by atoms with Gasteiger partial charge in [-0.25, -0.2) is 0 Å². The molecule has 0 saturated heterocycles. The number of benzene rings is 2. The maximum Gasteiger partial charge on any atom is 0.0668 e. The second-order valence-corrected chi connectivity index (χ2v) is 5.63. The van der Waals surface area contributed by atoms with Crippen LogP contribution in [0.4, 0.5) is 0 Å². The Morgan fingerprint density at radius 2 is 1.40 bits per heavy atom. The molecule has 1 atom stereocenters. The van der Waals surface area contributed by atoms with Crippen molar-refractivity contribution in [3.8, 4) is 6.07 Å². The van der Waals surface area contributed by atoms with Crippen LogP contribution in [-0.4, -0.2) is 0 Å². The Hall–Kier alpha value is -2.07. The fraction of sp³-hybridized carbons (Fsp3) is 0.316. The first-order chi connectivity index (χ1) is 9.88. The third-order valence-corrected chi connectivity index (χ3v) is 4.64. The van der Waals surface area contributed by atoms with Crippen LogP contribution in [0.25, 0.3) is 0 Å². The molecule has 1 aliphatic rings. The zero-order valence-electron chi connectivity index (χ0n) is 11.6. The summed E-state index contributed by atoms with van der Waals surface area (Å²) in [5.41, 5.74) is 2.45. The molecule has 0 amide bonds. The van der Waals surface area contributed by atoms with E-state index >= 15 is 0 Å². The molecule has 0 N–H and O–H groups in total. The SMILES string of the molecule is N#CC1CCCCC1(c1ccccc1)c1ccccc1. The summed E-state index contributed by atoms with van der Waals surface area (Å²) < 4.78 is 0. The van der Waals surface area contributed by atoms with Gasteiger partial charge < -0.3 is 0 Å². The molecular formula is C19H19N. The highest BCUT2D eigenvalue weighted by Crippen LogP contribution is 2.48. The van der Waals surface area contributed by atoms with Gasteiger partial charge in [0, 0.05) is 5.41 Å². The molecule has 100 valence electrons. The minimum atomic E-state index is -0.129. The van der Waals surface area contributed by atoms with E-state index in [1.807, 2.05) is 12.1 Å². The van der Waals surface area contributed by atoms with E-state index in [2.05, 4.69) is 54.6 Å². The Bertz CT molecular complexity index is 555. The smallest absolute Gasteiger partial charge is 0.0668 e. The van der Waals surface area contributed by atoms with Crippen molar-refractivity contribution in [1.82, 2.24) is 0 Å². The molecule has 0 radical (unpaired) electrons. The molecule has 1 fully saturated rings. The first-order valence-corrected chi connectivity index (χ1v) is 7.38. The minimum absolute atomic E-state index is 0.0704. The van der Waals surface area contributed by atoms with Gasteiger partial charge in [0.2, 0.25) is 0 Å². The summed E-state index contributed by atoms with van der Waals surface area (Å²) in [5, 5.41) is 9.70. The van der Waals surface area contributed by atoms with Crippen molar-refractivity contribution in [3.05, 3.63) is 71.8 Å². The van der Waals surface area contributed by atoms with Gasteiger partial charge in [-0.15, -0.1) is 0 Å². The number of hydrogen-bond acceptors (Lipinski definition) is 1. The van der Waals surface area contributed by atoms with E-state index in [9.17, 15) is 5.26 Å². The molecular weight excluding hydrogens is 242 g/mol. The maximum atomic E-state index is 9.70. The molecule has 0 bridgehead atoms. The monoisotopic (exact) mass is 261 g/mol. The molecule has 0 spiro atoms. The minimum Gasteiger partial charge on any atom is -0.198 e. The van der Waals surface area contributed by atoms with Gasteiger partial charge in [-0.05, 0) is 24.0 Å². The number of nitrogens with zero attached hydrogens (tertiary/aromatic N) is 1. The van der Waals surface area contributed by atoms with E-state index in [1.54, 1.807) is 0 Å². The maximum absolute atomic E-state index is 9.70. The van der Waals surface area contributed by atoms with Crippen LogP contribution in [0.15, 0.2) is 60.7 Å². The van der Waals surface area contributed by atoms with Crippen molar-refractivity contribution < 1.29 is 0 Å². The largest absolute Gasteiger partial charge is 0.198 e. The zero-order chi connectivity index (χ0) is 13.8. The van der Waals surface area contributed by atoms with E-state index in [0.717, 1.165) is 12.8 Å². The van der Waals surface area contributed by atoms with E-state index in [0.29, 0.717) is 0 Å². The summed E-state index contributed by atoms with van der Waals surface area (Å²) in [7, 11) is 0. The lowest BCUT2D eigenvalue weighted by Crippen LogP contribution is -2.38. The highest BCUT2D eigenvalue weighted by molar-refractivity contribution is 5.42. The fourth-order valence-electron chi connectivity index (χ4n) is 3.68. The van der Waals surface area contributed by atoms with Gasteiger partial charge in [0.1, 0.15) is 0 Å². The standard InChI is InChI=1S/C19H19N/c20-15-18-13-7-8-14-19(18,16-9-3-1-4-10-16)17-11-5-2-6-12-17/h1-6,9-12,18H,7-8,13-14H2. The third kappa shape index (κ3) is 2.02. The average molecular weight is 261 g/mol. The highest BCUT2D eigenvalue weighted by atomic mass is 14.5. The quantitative estimate of drug-likeness (QED) is 0.769. The summed E-state index contributed by atoms with van der Waals surface area (Å²) in [6.07, 6.45) is 4.43. The Balaban J connectivity index is 2.20. The number of nitriles is 1. The second kappa shape index (κ2) is 5.51. The van der Waals surface area contributed by atoms with Crippen LogP contribution >= 0.6 is 0 Å². The summed E-state index contributed by atoms with van der Waals surface area (Å²) in [6, 6.07) is 23.8. The predicted molar refractivity (Wildman–Crippen MR) is 81.2 cm³/mol. The van der Waals surface area contributed by atoms with Gasteiger partial charge in [0.25, 0.3) is 0 Å². The second-order valence-electron chi connectivity index (χ2n) is 5.63. The molecule has 0 heterocycles. The molecule has 0 aliphatic heterocycles. The Morgan fingerprint density at radius 1 is 0.850 bits per heavy atom. The van der Waals surface area contributed by atoms with Gasteiger partial charge in [0.05, 0.1) is 12.0 Å². The Labute approximate surface area is 120 Å². The third-order valence-electron chi connectivity index (χ3n) is 4.64. The molecule has 2 aromatic rings. The van der Waals surface area contributed by atoms with Crippen LogP contribution < -0.4 is 0 Å². The van der Waals surface area contributed by atoms with Crippen LogP contribution in [0.1, 0.15) is 36.8 Å². The van der Waals surface area contributed by atoms with Gasteiger partial charge in [0.15, 0.2) is 0 Å². The van der Waals surface area contributed by atoms with Crippen LogP contribution in [0.2, 0.25) is 0 Å². The van der Waals surface area contributed by atoms with Crippen molar-refractivity contribution in [2.45, 2.75) is 31.1 Å². The summed E-state index contributed by atoms with van der Waals surface area (Å²) in [5.74, 6) is 0.0704. The van der Waals surface area contributed by atoms with E-state index in [1.165, 1.54) is 24.0 Å². The van der Waals surface area contributed by atoms with Crippen molar-refractivity contribution in [1.29, 1.82) is 5.26 Å². The summed E-state index contributed by atoms with van der Waals surface area (Å²) in [6.45, 7) is 0. The molecule has 2 aromatic carbocycles. The van der Waals surface area contributed by atoms with Crippen molar-refractivity contribution in [2.24, 2.45) is 5.92 Å². The average Bonchev–Trinajstić information content (AvgIpc) is 2.56. The van der Waals surface area contributed by atoms with Crippen LogP contribution in [-0.2, 0) is 5.41 Å². The summed E-state index contributed by atoms with van der Waals surface area (Å²) >= 11 is 0. The van der Waals surface area contributed by atoms with Crippen molar-refractivity contribution in [3.63, 3.8) is 0 Å². The fourth-order valence-corrected chi connectivity index (χ4v) is 3.68. The zero-order valence-corrected chi connectivity index (χ0v) is 11.6. The van der Waals surface area contributed by atoms with Gasteiger partial charge >= 0.3 is 0 Å². The van der Waals surface area contributed by atoms with E-state index in [4.69, 9.17) is 0 Å². The Morgan fingerprint density at radius 3 is 1.90 bits per heavy atom. The number of rotatable bonds is 2. The van der Waals surface area contributed by atoms with Gasteiger partial charge in [-0.3, -0.25) is 0 Å². The number of hydrogen-bond donors (Lipinski definition) is 0. The van der Waals surface area contributed by atoms with Gasteiger partial charge in [-0.2, -0.15) is 5.26 Å². The summed E-state index contributed by atoms with van der Waals surface area (Å²) in [4.78, 5) is 0. The lowest BCUT2D eigenvalue weighted by molar-refractivity contribution is 0.278. The van der Waals surface area contributed by atoms with Crippen LogP contribution in [0, 0.1) is 17.2 Å². The topological polar surface area (TPSA) is 23.8 Å². The molecule has 0 aromatic heterocycles. The Kier molecular flexibility index (Phi) is 3.56. The van der Waals surface area contributed by atoms with Crippen molar-refractivity contribution >= 4 is 0 Å². The molecule has 3 rings (SSSR count). The molecule has 1 nitrogen and oxygen atoms in total.